The van der Waals surface area contributed by atoms with Crippen LogP contribution in [0.3, 0.4) is 0 Å². The Balaban J connectivity index is 3.74. The second kappa shape index (κ2) is 33.7. The summed E-state index contributed by atoms with van der Waals surface area (Å²) >= 11 is 0. The van der Waals surface area contributed by atoms with Gasteiger partial charge in [-0.25, -0.2) is 0 Å². The Labute approximate surface area is 281 Å². The Hall–Kier alpha value is -2.70. The van der Waals surface area contributed by atoms with E-state index in [-0.39, 0.29) is 25.6 Å². The lowest BCUT2D eigenvalue weighted by molar-refractivity contribution is -0.152. The molecule has 0 amide bonds. The molecule has 0 fully saturated rings. The van der Waals surface area contributed by atoms with Crippen LogP contribution in [0.5, 0.6) is 0 Å². The first-order valence-corrected chi connectivity index (χ1v) is 18.0. The van der Waals surface area contributed by atoms with E-state index in [0.717, 1.165) is 50.9 Å². The van der Waals surface area contributed by atoms with Crippen LogP contribution in [0, 0.1) is 5.92 Å². The smallest absolute Gasteiger partial charge is 0.306 e. The van der Waals surface area contributed by atoms with Crippen molar-refractivity contribution in [1.82, 2.24) is 0 Å². The summed E-state index contributed by atoms with van der Waals surface area (Å²) in [6.07, 6.45) is 39.8. The monoisotopic (exact) mass is 642 g/mol. The first-order chi connectivity index (χ1) is 22.4. The first-order valence-electron chi connectivity index (χ1n) is 18.0. The third-order valence-electron chi connectivity index (χ3n) is 7.59. The number of allylic oxidation sites excluding steroid dienone is 10. The molecule has 6 heteroatoms. The zero-order valence-corrected chi connectivity index (χ0v) is 29.3. The number of unbranched alkanes of at least 4 members (excludes halogenated alkanes) is 7. The number of carbonyl (C=O) groups excluding carboxylic acids is 2. The van der Waals surface area contributed by atoms with Gasteiger partial charge in [-0.15, -0.1) is 0 Å². The molecule has 0 saturated carbocycles. The van der Waals surface area contributed by atoms with Gasteiger partial charge in [0.05, 0.1) is 6.10 Å². The van der Waals surface area contributed by atoms with Crippen LogP contribution in [0.2, 0.25) is 0 Å². The Morgan fingerprint density at radius 2 is 1.17 bits per heavy atom. The molecule has 0 aliphatic rings. The van der Waals surface area contributed by atoms with Gasteiger partial charge in [0.1, 0.15) is 19.3 Å². The van der Waals surface area contributed by atoms with E-state index in [1.54, 1.807) is 6.08 Å². The molecule has 0 aromatic rings. The topological polar surface area (TPSA) is 93.1 Å². The number of hydrogen-bond acceptors (Lipinski definition) is 6. The molecule has 0 heterocycles. The molecule has 2 unspecified atom stereocenters. The summed E-state index contributed by atoms with van der Waals surface area (Å²) in [5.41, 5.74) is 0. The standard InChI is InChI=1S/C40H66O6/c1-4-6-7-8-9-10-11-12-13-14-18-21-25-30-37(41)31-26-23-28-33-40(44)46-35-38(42)34-45-39(43)32-27-22-19-16-15-17-20-24-29-36(3)5-2/h6-7,9-10,12-13,18,21,23,25-26,30,36-38,41-42H,4-5,8,11,14-17,19-20,22,24,27-29,31-35H2,1-3H3/b7-6-,10-9-,13-12-,21-18-,26-23-,30-25-/t36?,37?,38-/m0/s1. The third kappa shape index (κ3) is 32.7. The van der Waals surface area contributed by atoms with Gasteiger partial charge in [0.2, 0.25) is 0 Å². The molecule has 0 rings (SSSR count). The van der Waals surface area contributed by atoms with E-state index in [1.807, 2.05) is 30.4 Å². The summed E-state index contributed by atoms with van der Waals surface area (Å²) in [7, 11) is 0. The van der Waals surface area contributed by atoms with Gasteiger partial charge in [-0.1, -0.05) is 151 Å². The summed E-state index contributed by atoms with van der Waals surface area (Å²) in [6.45, 7) is 6.34. The van der Waals surface area contributed by atoms with Crippen LogP contribution in [-0.2, 0) is 19.1 Å². The molecule has 262 valence electrons. The molecular weight excluding hydrogens is 576 g/mol. The zero-order chi connectivity index (χ0) is 33.9. The van der Waals surface area contributed by atoms with Crippen LogP contribution in [0.25, 0.3) is 0 Å². The molecule has 0 bridgehead atoms. The van der Waals surface area contributed by atoms with Gasteiger partial charge in [-0.2, -0.15) is 0 Å². The molecule has 6 nitrogen and oxygen atoms in total. The molecular formula is C40H66O6. The van der Waals surface area contributed by atoms with Gasteiger partial charge >= 0.3 is 11.9 Å². The molecule has 0 aliphatic carbocycles. The minimum absolute atomic E-state index is 0.172. The molecule has 0 aliphatic heterocycles. The van der Waals surface area contributed by atoms with Crippen molar-refractivity contribution >= 4 is 11.9 Å². The fraction of sp³-hybridized carbons (Fsp3) is 0.650. The molecule has 0 saturated heterocycles. The number of aliphatic hydroxyl groups excluding tert-OH is 2. The lowest BCUT2D eigenvalue weighted by Gasteiger charge is -2.12. The second-order valence-corrected chi connectivity index (χ2v) is 12.1. The van der Waals surface area contributed by atoms with Crippen molar-refractivity contribution in [3.8, 4) is 0 Å². The number of rotatable bonds is 30. The number of hydrogen-bond donors (Lipinski definition) is 2. The van der Waals surface area contributed by atoms with Crippen molar-refractivity contribution in [3.63, 3.8) is 0 Å². The molecule has 0 radical (unpaired) electrons. The van der Waals surface area contributed by atoms with Gasteiger partial charge in [-0.05, 0) is 50.9 Å². The van der Waals surface area contributed by atoms with Gasteiger partial charge < -0.3 is 19.7 Å². The number of carbonyl (C=O) groups is 2. The maximum absolute atomic E-state index is 11.9. The Morgan fingerprint density at radius 1 is 0.630 bits per heavy atom. The van der Waals surface area contributed by atoms with Gasteiger partial charge in [0.25, 0.3) is 0 Å². The van der Waals surface area contributed by atoms with E-state index in [9.17, 15) is 19.8 Å². The molecule has 3 atom stereocenters. The quantitative estimate of drug-likeness (QED) is 0.0351. The highest BCUT2D eigenvalue weighted by Crippen LogP contribution is 2.15. The molecule has 46 heavy (non-hydrogen) atoms. The van der Waals surface area contributed by atoms with E-state index in [0.29, 0.717) is 19.3 Å². The van der Waals surface area contributed by atoms with E-state index in [1.165, 1.54) is 44.9 Å². The summed E-state index contributed by atoms with van der Waals surface area (Å²) in [5.74, 6) is 0.0965. The van der Waals surface area contributed by atoms with Gasteiger partial charge in [0, 0.05) is 12.8 Å². The zero-order valence-electron chi connectivity index (χ0n) is 29.3. The van der Waals surface area contributed by atoms with Crippen molar-refractivity contribution in [3.05, 3.63) is 72.9 Å². The van der Waals surface area contributed by atoms with Crippen LogP contribution in [-0.4, -0.2) is 47.6 Å². The van der Waals surface area contributed by atoms with Crippen LogP contribution >= 0.6 is 0 Å². The predicted octanol–water partition coefficient (Wildman–Crippen LogP) is 9.83. The lowest BCUT2D eigenvalue weighted by Crippen LogP contribution is -2.25. The van der Waals surface area contributed by atoms with Crippen molar-refractivity contribution in [2.24, 2.45) is 5.92 Å². The average Bonchev–Trinajstić information content (AvgIpc) is 3.05. The van der Waals surface area contributed by atoms with Crippen molar-refractivity contribution in [1.29, 1.82) is 0 Å². The maximum Gasteiger partial charge on any atom is 0.306 e. The summed E-state index contributed by atoms with van der Waals surface area (Å²) in [4.78, 5) is 23.8. The lowest BCUT2D eigenvalue weighted by atomic mass is 9.99. The Morgan fingerprint density at radius 3 is 1.78 bits per heavy atom. The normalized spacial score (nSPS) is 14.5. The summed E-state index contributed by atoms with van der Waals surface area (Å²) in [5, 5.41) is 20.0. The maximum atomic E-state index is 11.9. The number of esters is 2. The third-order valence-corrected chi connectivity index (χ3v) is 7.59. The predicted molar refractivity (Wildman–Crippen MR) is 192 cm³/mol. The summed E-state index contributed by atoms with van der Waals surface area (Å²) < 4.78 is 10.2. The SMILES string of the molecule is CC/C=C\C/C=C\C/C=C\C/C=C\C=C/C(O)C/C=C\CCC(=O)OC[C@@H](O)COC(=O)CCCCCCCCCCC(C)CC. The summed E-state index contributed by atoms with van der Waals surface area (Å²) in [6, 6.07) is 0. The van der Waals surface area contributed by atoms with E-state index in [4.69, 9.17) is 9.47 Å². The Bertz CT molecular complexity index is 897. The number of aliphatic hydroxyl groups is 2. The van der Waals surface area contributed by atoms with Gasteiger partial charge in [-0.3, -0.25) is 9.59 Å². The van der Waals surface area contributed by atoms with Gasteiger partial charge in [0.15, 0.2) is 0 Å². The molecule has 0 aromatic heterocycles. The molecule has 0 spiro atoms. The van der Waals surface area contributed by atoms with Crippen LogP contribution in [0.4, 0.5) is 0 Å². The van der Waals surface area contributed by atoms with E-state index in [2.05, 4.69) is 57.2 Å². The largest absolute Gasteiger partial charge is 0.463 e. The molecule has 0 aromatic carbocycles. The minimum atomic E-state index is -1.03. The van der Waals surface area contributed by atoms with E-state index < -0.39 is 18.2 Å². The van der Waals surface area contributed by atoms with Crippen molar-refractivity contribution in [2.45, 2.75) is 149 Å². The highest BCUT2D eigenvalue weighted by molar-refractivity contribution is 5.70. The van der Waals surface area contributed by atoms with Crippen LogP contribution in [0.15, 0.2) is 72.9 Å². The van der Waals surface area contributed by atoms with Crippen LogP contribution < -0.4 is 0 Å². The highest BCUT2D eigenvalue weighted by Gasteiger charge is 2.11. The fourth-order valence-corrected chi connectivity index (χ4v) is 4.46. The minimum Gasteiger partial charge on any atom is -0.463 e. The average molecular weight is 643 g/mol. The second-order valence-electron chi connectivity index (χ2n) is 12.1. The van der Waals surface area contributed by atoms with Crippen molar-refractivity contribution in [2.75, 3.05) is 13.2 Å². The Kier molecular flexibility index (Phi) is 31.7. The van der Waals surface area contributed by atoms with Crippen molar-refractivity contribution < 1.29 is 29.3 Å². The fourth-order valence-electron chi connectivity index (χ4n) is 4.46. The number of ether oxygens (including phenoxy) is 2. The van der Waals surface area contributed by atoms with Crippen LogP contribution in [0.1, 0.15) is 136 Å². The molecule has 2 N–H and O–H groups in total. The first kappa shape index (κ1) is 43.3. The van der Waals surface area contributed by atoms with E-state index >= 15 is 0 Å². The highest BCUT2D eigenvalue weighted by atomic mass is 16.6.